The van der Waals surface area contributed by atoms with Gasteiger partial charge in [-0.05, 0) is 18.4 Å². The molecule has 0 spiro atoms. The summed E-state index contributed by atoms with van der Waals surface area (Å²) in [5, 5.41) is 24.6. The number of rotatable bonds is 7. The third kappa shape index (κ3) is 6.89. The number of sulfone groups is 1. The second-order valence-corrected chi connectivity index (χ2v) is 10.1. The van der Waals surface area contributed by atoms with Crippen LogP contribution in [0.2, 0.25) is 0 Å². The average molecular weight is 456 g/mol. The van der Waals surface area contributed by atoms with Crippen LogP contribution >= 0.6 is 0 Å². The first-order chi connectivity index (χ1) is 14.7. The van der Waals surface area contributed by atoms with Crippen molar-refractivity contribution in [3.63, 3.8) is 0 Å². The van der Waals surface area contributed by atoms with Crippen LogP contribution in [0.5, 0.6) is 0 Å². The highest BCUT2D eigenvalue weighted by atomic mass is 32.2. The Bertz CT molecular complexity index is 849. The molecule has 1 aromatic carbocycles. The molecule has 11 heteroatoms. The number of aliphatic hydroxyl groups excluding tert-OH is 2. The van der Waals surface area contributed by atoms with Crippen molar-refractivity contribution in [3.8, 4) is 0 Å². The van der Waals surface area contributed by atoms with Crippen LogP contribution in [0.15, 0.2) is 30.3 Å². The van der Waals surface area contributed by atoms with Gasteiger partial charge in [-0.1, -0.05) is 30.3 Å². The first kappa shape index (κ1) is 23.5. The Morgan fingerprint density at radius 3 is 2.32 bits per heavy atom. The van der Waals surface area contributed by atoms with E-state index in [2.05, 4.69) is 10.6 Å². The molecule has 1 aliphatic carbocycles. The van der Waals surface area contributed by atoms with Gasteiger partial charge in [0.15, 0.2) is 9.84 Å². The summed E-state index contributed by atoms with van der Waals surface area (Å²) in [6, 6.07) is 6.25. The minimum absolute atomic E-state index is 0.161. The number of hydrogen-bond acceptors (Lipinski definition) is 7. The van der Waals surface area contributed by atoms with Gasteiger partial charge in [-0.3, -0.25) is 4.79 Å². The zero-order chi connectivity index (χ0) is 22.4. The summed E-state index contributed by atoms with van der Waals surface area (Å²) in [5.74, 6) is -1.49. The molecular weight excluding hydrogens is 426 g/mol. The first-order valence-corrected chi connectivity index (χ1v) is 12.1. The van der Waals surface area contributed by atoms with Crippen LogP contribution < -0.4 is 10.6 Å². The molecule has 2 aliphatic rings. The van der Waals surface area contributed by atoms with Crippen LogP contribution in [0.4, 0.5) is 4.79 Å². The molecule has 2 fully saturated rings. The third-order valence-corrected chi connectivity index (χ3v) is 7.02. The number of ether oxygens (including phenoxy) is 1. The molecule has 1 aromatic rings. The zero-order valence-electron chi connectivity index (χ0n) is 17.1. The quantitative estimate of drug-likeness (QED) is 0.413. The highest BCUT2D eigenvalue weighted by Gasteiger charge is 2.35. The van der Waals surface area contributed by atoms with Gasteiger partial charge in [0.25, 0.3) is 0 Å². The van der Waals surface area contributed by atoms with Crippen LogP contribution in [0.1, 0.15) is 18.4 Å². The highest BCUT2D eigenvalue weighted by Crippen LogP contribution is 2.20. The Morgan fingerprint density at radius 1 is 1.10 bits per heavy atom. The molecule has 1 aliphatic heterocycles. The predicted octanol–water partition coefficient (Wildman–Crippen LogP) is -0.988. The van der Waals surface area contributed by atoms with Gasteiger partial charge in [0.2, 0.25) is 5.91 Å². The Kier molecular flexibility index (Phi) is 7.87. The van der Waals surface area contributed by atoms with Gasteiger partial charge < -0.3 is 30.5 Å². The summed E-state index contributed by atoms with van der Waals surface area (Å²) in [5.41, 5.74) is 0.586. The van der Waals surface area contributed by atoms with E-state index in [-0.39, 0.29) is 18.6 Å². The van der Waals surface area contributed by atoms with E-state index in [0.29, 0.717) is 31.9 Å². The van der Waals surface area contributed by atoms with E-state index >= 15 is 0 Å². The van der Waals surface area contributed by atoms with E-state index in [1.807, 2.05) is 0 Å². The SMILES string of the molecule is O=C(NC1CC(O)[C@H](O)C1)C(CS(=O)(=O)Cc1ccccc1)NC(=O)N1CCOCC1. The molecule has 1 saturated heterocycles. The van der Waals surface area contributed by atoms with Crippen molar-refractivity contribution >= 4 is 21.8 Å². The monoisotopic (exact) mass is 455 g/mol. The van der Waals surface area contributed by atoms with Gasteiger partial charge in [0.05, 0.1) is 36.9 Å². The number of nitrogens with zero attached hydrogens (tertiary/aromatic N) is 1. The van der Waals surface area contributed by atoms with Crippen molar-refractivity contribution in [2.75, 3.05) is 32.1 Å². The van der Waals surface area contributed by atoms with E-state index in [1.165, 1.54) is 4.90 Å². The molecule has 4 N–H and O–H groups in total. The maximum Gasteiger partial charge on any atom is 0.318 e. The Morgan fingerprint density at radius 2 is 1.71 bits per heavy atom. The topological polar surface area (TPSA) is 145 Å². The number of carbonyl (C=O) groups is 2. The van der Waals surface area contributed by atoms with Gasteiger partial charge >= 0.3 is 6.03 Å². The van der Waals surface area contributed by atoms with Gasteiger partial charge in [-0.15, -0.1) is 0 Å². The molecule has 31 heavy (non-hydrogen) atoms. The summed E-state index contributed by atoms with van der Waals surface area (Å²) >= 11 is 0. The number of carbonyl (C=O) groups excluding carboxylic acids is 2. The van der Waals surface area contributed by atoms with Gasteiger partial charge in [-0.2, -0.15) is 0 Å². The third-order valence-electron chi connectivity index (χ3n) is 5.41. The molecule has 1 heterocycles. The predicted molar refractivity (Wildman–Crippen MR) is 112 cm³/mol. The summed E-state index contributed by atoms with van der Waals surface area (Å²) in [7, 11) is -3.73. The van der Waals surface area contributed by atoms with Crippen molar-refractivity contribution in [1.29, 1.82) is 0 Å². The number of aliphatic hydroxyl groups is 2. The van der Waals surface area contributed by atoms with Gasteiger partial charge in [-0.25, -0.2) is 13.2 Å². The van der Waals surface area contributed by atoms with Crippen molar-refractivity contribution in [2.24, 2.45) is 0 Å². The maximum absolute atomic E-state index is 12.9. The lowest BCUT2D eigenvalue weighted by molar-refractivity contribution is -0.123. The fourth-order valence-corrected chi connectivity index (χ4v) is 5.30. The number of nitrogens with one attached hydrogen (secondary N) is 2. The van der Waals surface area contributed by atoms with E-state index in [4.69, 9.17) is 4.74 Å². The first-order valence-electron chi connectivity index (χ1n) is 10.3. The molecule has 0 radical (unpaired) electrons. The normalized spacial score (nSPS) is 25.1. The lowest BCUT2D eigenvalue weighted by Gasteiger charge is -2.29. The fourth-order valence-electron chi connectivity index (χ4n) is 3.74. The maximum atomic E-state index is 12.9. The minimum atomic E-state index is -3.73. The largest absolute Gasteiger partial charge is 0.390 e. The van der Waals surface area contributed by atoms with Crippen molar-refractivity contribution in [2.45, 2.75) is 42.9 Å². The highest BCUT2D eigenvalue weighted by molar-refractivity contribution is 7.90. The second kappa shape index (κ2) is 10.4. The molecule has 0 bridgehead atoms. The average Bonchev–Trinajstić information content (AvgIpc) is 3.05. The summed E-state index contributed by atoms with van der Waals surface area (Å²) in [6.07, 6.45) is -1.58. The molecule has 10 nitrogen and oxygen atoms in total. The fraction of sp³-hybridized carbons (Fsp3) is 0.600. The van der Waals surface area contributed by atoms with Crippen molar-refractivity contribution < 1.29 is 33.0 Å². The summed E-state index contributed by atoms with van der Waals surface area (Å²) < 4.78 is 30.8. The number of urea groups is 1. The Balaban J connectivity index is 1.69. The Labute approximate surface area is 181 Å². The number of morpholine rings is 1. The van der Waals surface area contributed by atoms with Gasteiger partial charge in [0, 0.05) is 19.1 Å². The van der Waals surface area contributed by atoms with Gasteiger partial charge in [0.1, 0.15) is 6.04 Å². The number of amides is 3. The van der Waals surface area contributed by atoms with E-state index < -0.39 is 51.8 Å². The molecule has 1 saturated carbocycles. The van der Waals surface area contributed by atoms with Crippen LogP contribution in [0, 0.1) is 0 Å². The van der Waals surface area contributed by atoms with E-state index in [1.54, 1.807) is 30.3 Å². The summed E-state index contributed by atoms with van der Waals surface area (Å²) in [6.45, 7) is 1.43. The zero-order valence-corrected chi connectivity index (χ0v) is 18.0. The van der Waals surface area contributed by atoms with E-state index in [0.717, 1.165) is 0 Å². The number of benzene rings is 1. The second-order valence-electron chi connectivity index (χ2n) is 7.95. The van der Waals surface area contributed by atoms with Crippen LogP contribution in [-0.2, 0) is 25.1 Å². The number of hydrogen-bond donors (Lipinski definition) is 4. The molecule has 4 atom stereocenters. The minimum Gasteiger partial charge on any atom is -0.390 e. The van der Waals surface area contributed by atoms with Crippen LogP contribution in [0.25, 0.3) is 0 Å². The molecule has 3 amide bonds. The molecular formula is C20H29N3O7S. The van der Waals surface area contributed by atoms with Crippen molar-refractivity contribution in [1.82, 2.24) is 15.5 Å². The van der Waals surface area contributed by atoms with Crippen LogP contribution in [-0.4, -0.2) is 91.8 Å². The van der Waals surface area contributed by atoms with Crippen molar-refractivity contribution in [3.05, 3.63) is 35.9 Å². The molecule has 172 valence electrons. The standard InChI is InChI=1S/C20H29N3O7S/c24-17-10-15(11-18(17)25)21-19(26)16(22-20(27)23-6-8-30-9-7-23)13-31(28,29)12-14-4-2-1-3-5-14/h1-5,15-18,24-25H,6-13H2,(H,21,26)(H,22,27)/t15?,16?,17-,18?/m1/s1. The van der Waals surface area contributed by atoms with E-state index in [9.17, 15) is 28.2 Å². The summed E-state index contributed by atoms with van der Waals surface area (Å²) in [4.78, 5) is 26.9. The molecule has 3 rings (SSSR count). The molecule has 0 aromatic heterocycles. The molecule has 3 unspecified atom stereocenters. The lowest BCUT2D eigenvalue weighted by Crippen LogP contribution is -2.56. The Hall–Kier alpha value is -2.21. The lowest BCUT2D eigenvalue weighted by atomic mass is 10.2. The smallest absolute Gasteiger partial charge is 0.318 e. The van der Waals surface area contributed by atoms with Crippen LogP contribution in [0.3, 0.4) is 0 Å².